The number of nitrogens with zero attached hydrogens (tertiary/aromatic N) is 3. The molecule has 0 amide bonds. The van der Waals surface area contributed by atoms with Gasteiger partial charge in [-0.05, 0) is 41.8 Å². The number of hydrogen-bond acceptors (Lipinski definition) is 4. The summed E-state index contributed by atoms with van der Waals surface area (Å²) in [6.45, 7) is 6.21. The van der Waals surface area contributed by atoms with Crippen molar-refractivity contribution in [2.45, 2.75) is 13.0 Å². The predicted octanol–water partition coefficient (Wildman–Crippen LogP) is 5.11. The molecule has 4 nitrogen and oxygen atoms in total. The Hall–Kier alpha value is -0.790. The largest absolute Gasteiger partial charge is 0.307 e. The summed E-state index contributed by atoms with van der Waals surface area (Å²) in [4.78, 5) is 16.9. The minimum atomic E-state index is 0. The van der Waals surface area contributed by atoms with Gasteiger partial charge in [0.2, 0.25) is 0 Å². The Labute approximate surface area is 203 Å². The quantitative estimate of drug-likeness (QED) is 0.479. The van der Waals surface area contributed by atoms with Crippen LogP contribution in [0.2, 0.25) is 10.0 Å². The summed E-state index contributed by atoms with van der Waals surface area (Å²) in [5.74, 6) is 0. The van der Waals surface area contributed by atoms with Gasteiger partial charge >= 0.3 is 4.87 Å². The molecule has 0 spiro atoms. The summed E-state index contributed by atoms with van der Waals surface area (Å²) in [5, 5.41) is 1.23. The maximum atomic E-state index is 11.8. The molecule has 0 N–H and O–H groups in total. The van der Waals surface area contributed by atoms with Gasteiger partial charge in [-0.3, -0.25) is 9.69 Å². The molecule has 0 radical (unpaired) electrons. The van der Waals surface area contributed by atoms with Crippen LogP contribution < -0.4 is 4.87 Å². The van der Waals surface area contributed by atoms with Crippen molar-refractivity contribution in [3.63, 3.8) is 0 Å². The number of hydrogen-bond donors (Lipinski definition) is 0. The molecule has 2 heterocycles. The lowest BCUT2D eigenvalue weighted by Gasteiger charge is -2.34. The first-order valence-corrected chi connectivity index (χ1v) is 11.0. The third-order valence-electron chi connectivity index (χ3n) is 5.43. The van der Waals surface area contributed by atoms with Gasteiger partial charge in [0.25, 0.3) is 0 Å². The van der Waals surface area contributed by atoms with Crippen molar-refractivity contribution in [2.24, 2.45) is 7.05 Å². The standard InChI is InChI=1S/C21H23Cl2N3OS.2ClH/c1-24-19-5-3-15(13-20(19)28-21(24)27)6-7-25-8-10-26(11-9-25)14-16-2-4-17(22)18(23)12-16;;/h2-5,12-13H,6-11,14H2,1H3;2*1H. The maximum Gasteiger partial charge on any atom is 0.307 e. The van der Waals surface area contributed by atoms with Gasteiger partial charge < -0.3 is 9.47 Å². The Morgan fingerprint density at radius 1 is 0.900 bits per heavy atom. The van der Waals surface area contributed by atoms with E-state index in [0.717, 1.165) is 55.9 Å². The van der Waals surface area contributed by atoms with E-state index in [4.69, 9.17) is 23.2 Å². The number of fused-ring (bicyclic) bond motifs is 1. The third-order valence-corrected chi connectivity index (χ3v) is 7.16. The summed E-state index contributed by atoms with van der Waals surface area (Å²) >= 11 is 13.5. The van der Waals surface area contributed by atoms with Gasteiger partial charge in [0, 0.05) is 46.3 Å². The first kappa shape index (κ1) is 25.5. The molecule has 0 unspecified atom stereocenters. The predicted molar refractivity (Wildman–Crippen MR) is 133 cm³/mol. The zero-order valence-electron chi connectivity index (χ0n) is 16.6. The molecule has 1 fully saturated rings. The molecule has 0 atom stereocenters. The minimum absolute atomic E-state index is 0. The van der Waals surface area contributed by atoms with Crippen LogP contribution in [0.3, 0.4) is 0 Å². The van der Waals surface area contributed by atoms with Gasteiger partial charge in [0.15, 0.2) is 0 Å². The van der Waals surface area contributed by atoms with Crippen molar-refractivity contribution in [1.29, 1.82) is 0 Å². The van der Waals surface area contributed by atoms with Crippen LogP contribution in [0.5, 0.6) is 0 Å². The number of aryl methyl sites for hydroxylation is 1. The molecule has 1 aliphatic rings. The Morgan fingerprint density at radius 3 is 2.27 bits per heavy atom. The van der Waals surface area contributed by atoms with E-state index in [0.29, 0.717) is 10.0 Å². The molecule has 30 heavy (non-hydrogen) atoms. The normalized spacial score (nSPS) is 15.0. The third kappa shape index (κ3) is 5.92. The van der Waals surface area contributed by atoms with E-state index in [2.05, 4.69) is 34.1 Å². The molecular formula is C21H25Cl4N3OS. The fraction of sp³-hybridized carbons (Fsp3) is 0.381. The van der Waals surface area contributed by atoms with Gasteiger partial charge in [-0.25, -0.2) is 0 Å². The van der Waals surface area contributed by atoms with Gasteiger partial charge in [0.1, 0.15) is 0 Å². The van der Waals surface area contributed by atoms with Crippen LogP contribution in [0, 0.1) is 0 Å². The lowest BCUT2D eigenvalue weighted by molar-refractivity contribution is 0.128. The second-order valence-electron chi connectivity index (χ2n) is 7.35. The van der Waals surface area contributed by atoms with Gasteiger partial charge in [-0.15, -0.1) is 24.8 Å². The molecule has 4 rings (SSSR count). The first-order valence-electron chi connectivity index (χ1n) is 9.47. The first-order chi connectivity index (χ1) is 13.5. The molecule has 3 aromatic rings. The second kappa shape index (κ2) is 11.2. The van der Waals surface area contributed by atoms with Crippen LogP contribution in [0.1, 0.15) is 11.1 Å². The highest BCUT2D eigenvalue weighted by atomic mass is 35.5. The van der Waals surface area contributed by atoms with Crippen LogP contribution in [0.15, 0.2) is 41.2 Å². The number of benzene rings is 2. The number of aromatic nitrogens is 1. The van der Waals surface area contributed by atoms with Crippen molar-refractivity contribution < 1.29 is 0 Å². The topological polar surface area (TPSA) is 28.5 Å². The number of thiazole rings is 1. The summed E-state index contributed by atoms with van der Waals surface area (Å²) in [6.07, 6.45) is 1.01. The smallest absolute Gasteiger partial charge is 0.302 e. The maximum absolute atomic E-state index is 11.8. The average Bonchev–Trinajstić information content (AvgIpc) is 2.97. The van der Waals surface area contributed by atoms with Crippen molar-refractivity contribution in [3.8, 4) is 0 Å². The van der Waals surface area contributed by atoms with Crippen molar-refractivity contribution in [2.75, 3.05) is 32.7 Å². The number of halogens is 4. The second-order valence-corrected chi connectivity index (χ2v) is 9.15. The average molecular weight is 509 g/mol. The SMILES string of the molecule is Cl.Cl.Cn1c(=O)sc2cc(CCN3CCN(Cc4ccc(Cl)c(Cl)c4)CC3)ccc21. The highest BCUT2D eigenvalue weighted by molar-refractivity contribution is 7.16. The molecule has 0 saturated carbocycles. The number of piperazine rings is 1. The molecule has 1 saturated heterocycles. The Kier molecular flexibility index (Phi) is 9.50. The van der Waals surface area contributed by atoms with Crippen LogP contribution in [-0.4, -0.2) is 47.1 Å². The van der Waals surface area contributed by atoms with Gasteiger partial charge in [-0.1, -0.05) is 46.7 Å². The molecule has 2 aromatic carbocycles. The Morgan fingerprint density at radius 2 is 1.57 bits per heavy atom. The zero-order chi connectivity index (χ0) is 19.7. The van der Waals surface area contributed by atoms with Gasteiger partial charge in [-0.2, -0.15) is 0 Å². The summed E-state index contributed by atoms with van der Waals surface area (Å²) in [6, 6.07) is 12.3. The fourth-order valence-corrected chi connectivity index (χ4v) is 4.95. The molecule has 164 valence electrons. The summed E-state index contributed by atoms with van der Waals surface area (Å²) in [7, 11) is 1.83. The van der Waals surface area contributed by atoms with E-state index >= 15 is 0 Å². The van der Waals surface area contributed by atoms with Crippen LogP contribution in [0.4, 0.5) is 0 Å². The molecule has 0 aliphatic carbocycles. The van der Waals surface area contributed by atoms with Crippen molar-refractivity contribution in [1.82, 2.24) is 14.4 Å². The highest BCUT2D eigenvalue weighted by Crippen LogP contribution is 2.23. The Balaban J connectivity index is 0.00000160. The van der Waals surface area contributed by atoms with E-state index in [1.54, 1.807) is 4.57 Å². The molecular weight excluding hydrogens is 484 g/mol. The van der Waals surface area contributed by atoms with E-state index in [-0.39, 0.29) is 29.7 Å². The number of rotatable bonds is 5. The van der Waals surface area contributed by atoms with Crippen LogP contribution >= 0.6 is 59.4 Å². The minimum Gasteiger partial charge on any atom is -0.302 e. The van der Waals surface area contributed by atoms with Crippen LogP contribution in [0.25, 0.3) is 10.2 Å². The fourth-order valence-electron chi connectivity index (χ4n) is 3.69. The zero-order valence-corrected chi connectivity index (χ0v) is 20.6. The van der Waals surface area contributed by atoms with E-state index in [1.165, 1.54) is 22.5 Å². The lowest BCUT2D eigenvalue weighted by Crippen LogP contribution is -2.46. The van der Waals surface area contributed by atoms with Gasteiger partial charge in [0.05, 0.1) is 20.3 Å². The van der Waals surface area contributed by atoms with Crippen LogP contribution in [-0.2, 0) is 20.0 Å². The molecule has 9 heteroatoms. The van der Waals surface area contributed by atoms with E-state index in [1.807, 2.05) is 19.2 Å². The van der Waals surface area contributed by atoms with Crippen molar-refractivity contribution >= 4 is 69.6 Å². The van der Waals surface area contributed by atoms with E-state index < -0.39 is 0 Å². The molecule has 1 aliphatic heterocycles. The molecule has 1 aromatic heterocycles. The monoisotopic (exact) mass is 507 g/mol. The highest BCUT2D eigenvalue weighted by Gasteiger charge is 2.17. The summed E-state index contributed by atoms with van der Waals surface area (Å²) in [5.41, 5.74) is 3.53. The van der Waals surface area contributed by atoms with E-state index in [9.17, 15) is 4.79 Å². The lowest BCUT2D eigenvalue weighted by atomic mass is 10.1. The molecule has 0 bridgehead atoms. The Bertz CT molecular complexity index is 1040. The summed E-state index contributed by atoms with van der Waals surface area (Å²) < 4.78 is 2.80. The van der Waals surface area contributed by atoms with Crippen molar-refractivity contribution in [3.05, 3.63) is 67.2 Å².